The van der Waals surface area contributed by atoms with Crippen LogP contribution in [0.2, 0.25) is 0 Å². The number of phenols is 2. The summed E-state index contributed by atoms with van der Waals surface area (Å²) >= 11 is 0. The zero-order valence-electron chi connectivity index (χ0n) is 29.9. The first-order valence-electron chi connectivity index (χ1n) is 18.0. The van der Waals surface area contributed by atoms with Gasteiger partial charge in [0.05, 0.1) is 38.5 Å². The van der Waals surface area contributed by atoms with Crippen LogP contribution in [0.4, 0.5) is 0 Å². The van der Waals surface area contributed by atoms with E-state index in [0.717, 1.165) is 92.0 Å². The number of benzene rings is 3. The van der Waals surface area contributed by atoms with Crippen LogP contribution in [-0.2, 0) is 32.7 Å². The number of aromatic hydroxyl groups is 2. The fraction of sp³-hybridized carbons (Fsp3) is 0.538. The molecule has 276 valence electrons. The Kier molecular flexibility index (Phi) is 16.4. The van der Waals surface area contributed by atoms with E-state index in [1.807, 2.05) is 44.2 Å². The predicted molar refractivity (Wildman–Crippen MR) is 197 cm³/mol. The van der Waals surface area contributed by atoms with Crippen molar-refractivity contribution in [2.24, 2.45) is 0 Å². The molecule has 0 radical (unpaired) electrons. The lowest BCUT2D eigenvalue weighted by Gasteiger charge is -2.28. The second-order valence-corrected chi connectivity index (χ2v) is 13.8. The number of phenolic OH excluding ortho intramolecular Hbond substituents is 2. The zero-order valence-corrected chi connectivity index (χ0v) is 29.9. The number of nitrogens with zero attached hydrogens (tertiary/aromatic N) is 3. The predicted octanol–water partition coefficient (Wildman–Crippen LogP) is 2.20. The molecule has 0 atom stereocenters. The van der Waals surface area contributed by atoms with Crippen molar-refractivity contribution < 1.29 is 30.6 Å². The van der Waals surface area contributed by atoms with Crippen LogP contribution < -0.4 is 10.6 Å². The van der Waals surface area contributed by atoms with Crippen molar-refractivity contribution in [3.8, 4) is 11.5 Å². The first-order valence-corrected chi connectivity index (χ1v) is 18.0. The maximum Gasteiger partial charge on any atom is 0.124 e. The number of hydrogen-bond donors (Lipinski definition) is 8. The van der Waals surface area contributed by atoms with E-state index in [0.29, 0.717) is 26.2 Å². The third-order valence-electron chi connectivity index (χ3n) is 9.53. The molecule has 1 fully saturated rings. The first kappa shape index (κ1) is 39.7. The lowest BCUT2D eigenvalue weighted by molar-refractivity contribution is 0.169. The highest BCUT2D eigenvalue weighted by Gasteiger charge is 2.20. The molecular formula is C39H59N5O6. The number of aryl methyl sites for hydroxylation is 2. The van der Waals surface area contributed by atoms with E-state index in [9.17, 15) is 30.6 Å². The fourth-order valence-electron chi connectivity index (χ4n) is 6.71. The van der Waals surface area contributed by atoms with Crippen molar-refractivity contribution in [1.82, 2.24) is 25.3 Å². The fourth-order valence-corrected chi connectivity index (χ4v) is 6.71. The van der Waals surface area contributed by atoms with E-state index in [4.69, 9.17) is 0 Å². The molecule has 0 spiro atoms. The second kappa shape index (κ2) is 20.7. The highest BCUT2D eigenvalue weighted by atomic mass is 16.3. The summed E-state index contributed by atoms with van der Waals surface area (Å²) in [5, 5.41) is 66.9. The van der Waals surface area contributed by atoms with Crippen LogP contribution in [0.3, 0.4) is 0 Å². The maximum absolute atomic E-state index is 11.3. The van der Waals surface area contributed by atoms with Gasteiger partial charge in [-0.05, 0) is 58.4 Å². The van der Waals surface area contributed by atoms with Gasteiger partial charge in [-0.2, -0.15) is 0 Å². The zero-order chi connectivity index (χ0) is 35.9. The molecule has 4 rings (SSSR count). The SMILES string of the molecule is Cc1cc(CNC(CO)CO)c(O)c(CN2CCCN(Cc3ccccc3)CCCN(Cc3cc(C)cc(CNC(CO)CO)c3O)CC2)c1. The van der Waals surface area contributed by atoms with Gasteiger partial charge in [0.1, 0.15) is 11.5 Å². The van der Waals surface area contributed by atoms with Gasteiger partial charge in [0.15, 0.2) is 0 Å². The normalized spacial score (nSPS) is 15.9. The number of hydrogen-bond acceptors (Lipinski definition) is 11. The molecule has 0 unspecified atom stereocenters. The molecule has 11 nitrogen and oxygen atoms in total. The van der Waals surface area contributed by atoms with Crippen molar-refractivity contribution in [1.29, 1.82) is 0 Å². The summed E-state index contributed by atoms with van der Waals surface area (Å²) in [4.78, 5) is 7.34. The Labute approximate surface area is 297 Å². The molecule has 0 aliphatic carbocycles. The van der Waals surface area contributed by atoms with Gasteiger partial charge in [-0.15, -0.1) is 0 Å². The number of rotatable bonds is 16. The molecule has 1 saturated heterocycles. The summed E-state index contributed by atoms with van der Waals surface area (Å²) < 4.78 is 0. The molecule has 50 heavy (non-hydrogen) atoms. The maximum atomic E-state index is 11.3. The van der Waals surface area contributed by atoms with E-state index < -0.39 is 12.1 Å². The standard InChI is InChI=1S/C39H59N5O6/c1-29-16-32(20-40-36(25-45)26-46)38(49)34(18-29)23-43-12-6-10-42(22-31-8-4-3-5-9-31)11-7-13-44(15-14-43)24-35-19-30(2)17-33(39(35)50)21-41-37(27-47)28-48/h3-5,8-9,16-19,36-37,40-41,45-50H,6-7,10-15,20-28H2,1-2H3. The number of aliphatic hydroxyl groups excluding tert-OH is 4. The van der Waals surface area contributed by atoms with Gasteiger partial charge in [-0.3, -0.25) is 14.7 Å². The average molecular weight is 694 g/mol. The average Bonchev–Trinajstić information content (AvgIpc) is 3.15. The molecule has 1 aliphatic rings. The van der Waals surface area contributed by atoms with Gasteiger partial charge in [-0.1, -0.05) is 65.7 Å². The molecule has 1 aliphatic heterocycles. The Morgan fingerprint density at radius 1 is 0.540 bits per heavy atom. The highest BCUT2D eigenvalue weighted by Crippen LogP contribution is 2.28. The molecule has 0 amide bonds. The van der Waals surface area contributed by atoms with Crippen molar-refractivity contribution in [2.45, 2.75) is 71.5 Å². The van der Waals surface area contributed by atoms with Crippen molar-refractivity contribution in [3.63, 3.8) is 0 Å². The largest absolute Gasteiger partial charge is 0.507 e. The molecule has 1 heterocycles. The van der Waals surface area contributed by atoms with Gasteiger partial charge < -0.3 is 41.3 Å². The summed E-state index contributed by atoms with van der Waals surface area (Å²) in [6, 6.07) is 17.6. The monoisotopic (exact) mass is 693 g/mol. The minimum atomic E-state index is -0.452. The van der Waals surface area contributed by atoms with Crippen LogP contribution in [0.25, 0.3) is 0 Å². The summed E-state index contributed by atoms with van der Waals surface area (Å²) in [5.41, 5.74) is 6.56. The summed E-state index contributed by atoms with van der Waals surface area (Å²) in [5.74, 6) is 0.482. The Bertz CT molecular complexity index is 1350. The summed E-state index contributed by atoms with van der Waals surface area (Å²) in [6.07, 6.45) is 1.97. The van der Waals surface area contributed by atoms with Crippen molar-refractivity contribution in [3.05, 3.63) is 93.5 Å². The van der Waals surface area contributed by atoms with E-state index in [2.05, 4.69) is 49.6 Å². The smallest absolute Gasteiger partial charge is 0.124 e. The van der Waals surface area contributed by atoms with Crippen molar-refractivity contribution >= 4 is 0 Å². The van der Waals surface area contributed by atoms with Crippen LogP contribution in [0, 0.1) is 13.8 Å². The Morgan fingerprint density at radius 2 is 0.920 bits per heavy atom. The number of nitrogens with one attached hydrogen (secondary N) is 2. The van der Waals surface area contributed by atoms with E-state index in [1.54, 1.807) is 0 Å². The minimum absolute atomic E-state index is 0.187. The quantitative estimate of drug-likeness (QED) is 0.111. The minimum Gasteiger partial charge on any atom is -0.507 e. The Hall–Kier alpha value is -3.10. The van der Waals surface area contributed by atoms with Gasteiger partial charge in [0, 0.05) is 68.1 Å². The van der Waals surface area contributed by atoms with Crippen LogP contribution in [-0.4, -0.2) is 123 Å². The molecule has 3 aromatic carbocycles. The molecule has 11 heteroatoms. The highest BCUT2D eigenvalue weighted by molar-refractivity contribution is 5.44. The van der Waals surface area contributed by atoms with Gasteiger partial charge in [0.25, 0.3) is 0 Å². The third kappa shape index (κ3) is 12.3. The van der Waals surface area contributed by atoms with Gasteiger partial charge in [-0.25, -0.2) is 0 Å². The topological polar surface area (TPSA) is 155 Å². The second-order valence-electron chi connectivity index (χ2n) is 13.8. The van der Waals surface area contributed by atoms with Gasteiger partial charge >= 0.3 is 0 Å². The van der Waals surface area contributed by atoms with Gasteiger partial charge in [0.2, 0.25) is 0 Å². The van der Waals surface area contributed by atoms with Crippen LogP contribution >= 0.6 is 0 Å². The van der Waals surface area contributed by atoms with E-state index in [1.165, 1.54) is 5.56 Å². The third-order valence-corrected chi connectivity index (χ3v) is 9.53. The van der Waals surface area contributed by atoms with E-state index >= 15 is 0 Å². The lowest BCUT2D eigenvalue weighted by Crippen LogP contribution is -2.36. The molecule has 0 saturated carbocycles. The van der Waals surface area contributed by atoms with Crippen LogP contribution in [0.15, 0.2) is 54.6 Å². The molecule has 8 N–H and O–H groups in total. The number of aliphatic hydroxyl groups is 4. The Balaban J connectivity index is 1.54. The molecule has 0 bridgehead atoms. The molecule has 0 aromatic heterocycles. The van der Waals surface area contributed by atoms with Crippen molar-refractivity contribution in [2.75, 3.05) is 65.7 Å². The molecular weight excluding hydrogens is 634 g/mol. The van der Waals surface area contributed by atoms with Crippen LogP contribution in [0.5, 0.6) is 11.5 Å². The lowest BCUT2D eigenvalue weighted by atomic mass is 10.0. The first-order chi connectivity index (χ1) is 24.2. The van der Waals surface area contributed by atoms with E-state index in [-0.39, 0.29) is 37.9 Å². The molecule has 3 aromatic rings. The summed E-state index contributed by atoms with van der Waals surface area (Å²) in [7, 11) is 0. The summed E-state index contributed by atoms with van der Waals surface area (Å²) in [6.45, 7) is 11.2. The Morgan fingerprint density at radius 3 is 1.32 bits per heavy atom. The van der Waals surface area contributed by atoms with Crippen LogP contribution in [0.1, 0.15) is 51.8 Å².